The highest BCUT2D eigenvalue weighted by Crippen LogP contribution is 2.15. The van der Waals surface area contributed by atoms with E-state index in [2.05, 4.69) is 54.9 Å². The molecule has 1 unspecified atom stereocenters. The Labute approximate surface area is 189 Å². The highest BCUT2D eigenvalue weighted by Gasteiger charge is 2.22. The van der Waals surface area contributed by atoms with E-state index in [9.17, 15) is 5.11 Å². The lowest BCUT2D eigenvalue weighted by atomic mass is 10.1. The molecular formula is C23H35N7O2. The van der Waals surface area contributed by atoms with Gasteiger partial charge in [0.2, 0.25) is 0 Å². The number of fused-ring (bicyclic) bond motifs is 1. The van der Waals surface area contributed by atoms with Gasteiger partial charge in [-0.2, -0.15) is 5.10 Å². The average molecular weight is 442 g/mol. The minimum Gasteiger partial charge on any atom is -0.393 e. The highest BCUT2D eigenvalue weighted by molar-refractivity contribution is 5.79. The Hall–Kier alpha value is -2.49. The zero-order chi connectivity index (χ0) is 22.3. The number of benzene rings is 1. The summed E-state index contributed by atoms with van der Waals surface area (Å²) in [5.74, 6) is 2.57. The third kappa shape index (κ3) is 6.05. The third-order valence-corrected chi connectivity index (χ3v) is 6.19. The van der Waals surface area contributed by atoms with Gasteiger partial charge in [0.05, 0.1) is 12.6 Å². The monoisotopic (exact) mass is 441 g/mol. The Bertz CT molecular complexity index is 888. The molecule has 32 heavy (non-hydrogen) atoms. The predicted octanol–water partition coefficient (Wildman–Crippen LogP) is 1.06. The Balaban J connectivity index is 1.24. The van der Waals surface area contributed by atoms with Crippen molar-refractivity contribution in [3.63, 3.8) is 0 Å². The number of nitrogens with one attached hydrogen (secondary N) is 2. The number of piperidine rings is 1. The number of nitrogens with zero attached hydrogens (tertiary/aromatic N) is 5. The number of aliphatic hydroxyl groups excluding tert-OH is 1. The van der Waals surface area contributed by atoms with E-state index in [1.165, 1.54) is 11.1 Å². The van der Waals surface area contributed by atoms with Crippen molar-refractivity contribution in [2.75, 3.05) is 27.2 Å². The summed E-state index contributed by atoms with van der Waals surface area (Å²) in [5, 5.41) is 21.1. The normalized spacial score (nSPS) is 20.2. The number of methoxy groups -OCH3 is 1. The molecule has 0 bridgehead atoms. The van der Waals surface area contributed by atoms with E-state index in [4.69, 9.17) is 4.74 Å². The first-order chi connectivity index (χ1) is 15.6. The fourth-order valence-electron chi connectivity index (χ4n) is 4.34. The van der Waals surface area contributed by atoms with Crippen LogP contribution in [0.25, 0.3) is 0 Å². The number of aliphatic imine (C=N–C) groups is 1. The van der Waals surface area contributed by atoms with Crippen LogP contribution in [0.2, 0.25) is 0 Å². The number of guanidine groups is 1. The number of likely N-dealkylation sites (tertiary alicyclic amines) is 1. The van der Waals surface area contributed by atoms with Crippen LogP contribution >= 0.6 is 0 Å². The van der Waals surface area contributed by atoms with Crippen molar-refractivity contribution < 1.29 is 9.84 Å². The molecule has 9 heteroatoms. The average Bonchev–Trinajstić information content (AvgIpc) is 3.21. The van der Waals surface area contributed by atoms with Crippen LogP contribution in [0.5, 0.6) is 0 Å². The van der Waals surface area contributed by atoms with Crippen LogP contribution in [0.1, 0.15) is 42.0 Å². The van der Waals surface area contributed by atoms with E-state index in [1.54, 1.807) is 14.2 Å². The molecule has 2 aliphatic heterocycles. The zero-order valence-corrected chi connectivity index (χ0v) is 19.1. The molecule has 0 spiro atoms. The van der Waals surface area contributed by atoms with Gasteiger partial charge < -0.3 is 20.5 Å². The topological polar surface area (TPSA) is 99.8 Å². The van der Waals surface area contributed by atoms with Gasteiger partial charge in [0.15, 0.2) is 11.8 Å². The molecule has 1 aromatic heterocycles. The molecule has 0 aliphatic carbocycles. The Morgan fingerprint density at radius 3 is 2.66 bits per heavy atom. The van der Waals surface area contributed by atoms with Gasteiger partial charge in [-0.15, -0.1) is 0 Å². The van der Waals surface area contributed by atoms with E-state index in [-0.39, 0.29) is 12.1 Å². The minimum atomic E-state index is -0.122. The molecule has 0 saturated carbocycles. The van der Waals surface area contributed by atoms with Gasteiger partial charge in [-0.25, -0.2) is 9.67 Å². The molecule has 3 N–H and O–H groups in total. The largest absolute Gasteiger partial charge is 0.393 e. The molecular weight excluding hydrogens is 406 g/mol. The van der Waals surface area contributed by atoms with Crippen LogP contribution in [0.4, 0.5) is 0 Å². The predicted molar refractivity (Wildman–Crippen MR) is 123 cm³/mol. The number of ether oxygens (including phenoxy) is 1. The summed E-state index contributed by atoms with van der Waals surface area (Å²) in [6.45, 7) is 4.82. The van der Waals surface area contributed by atoms with E-state index >= 15 is 0 Å². The molecule has 9 nitrogen and oxygen atoms in total. The zero-order valence-electron chi connectivity index (χ0n) is 19.1. The maximum atomic E-state index is 9.66. The third-order valence-electron chi connectivity index (χ3n) is 6.19. The SMILES string of the molecule is CN=C(NCc1ccc(CN2CCC(O)CC2)cc1)NC1CCc2nc(COC)nn2C1. The fourth-order valence-corrected chi connectivity index (χ4v) is 4.34. The number of aliphatic hydroxyl groups is 1. The van der Waals surface area contributed by atoms with Crippen LogP contribution in [0, 0.1) is 0 Å². The summed E-state index contributed by atoms with van der Waals surface area (Å²) in [6, 6.07) is 9.00. The second kappa shape index (κ2) is 10.9. The van der Waals surface area contributed by atoms with Crippen LogP contribution in [0.3, 0.4) is 0 Å². The summed E-state index contributed by atoms with van der Waals surface area (Å²) < 4.78 is 7.12. The molecule has 0 radical (unpaired) electrons. The van der Waals surface area contributed by atoms with Gasteiger partial charge in [0.25, 0.3) is 0 Å². The Morgan fingerprint density at radius 2 is 1.94 bits per heavy atom. The molecule has 2 aromatic rings. The van der Waals surface area contributed by atoms with Crippen molar-refractivity contribution in [1.29, 1.82) is 0 Å². The number of hydrogen-bond acceptors (Lipinski definition) is 6. The Kier molecular flexibility index (Phi) is 7.72. The van der Waals surface area contributed by atoms with Crippen LogP contribution in [-0.2, 0) is 37.4 Å². The summed E-state index contributed by atoms with van der Waals surface area (Å²) >= 11 is 0. The highest BCUT2D eigenvalue weighted by atomic mass is 16.5. The maximum Gasteiger partial charge on any atom is 0.191 e. The molecule has 4 rings (SSSR count). The standard InChI is InChI=1S/C23H35N7O2/c1-24-23(26-19-7-8-22-27-21(16-32-2)28-30(22)15-19)25-13-17-3-5-18(6-4-17)14-29-11-9-20(31)10-12-29/h3-6,19-20,31H,7-16H2,1-2H3,(H2,24,25,26). The van der Waals surface area contributed by atoms with E-state index in [1.807, 2.05) is 4.68 Å². The second-order valence-corrected chi connectivity index (χ2v) is 8.69. The molecule has 174 valence electrons. The molecule has 1 saturated heterocycles. The Morgan fingerprint density at radius 1 is 1.19 bits per heavy atom. The van der Waals surface area contributed by atoms with Crippen molar-refractivity contribution in [2.24, 2.45) is 4.99 Å². The van der Waals surface area contributed by atoms with E-state index in [0.717, 1.165) is 76.0 Å². The first kappa shape index (κ1) is 22.7. The molecule has 3 heterocycles. The second-order valence-electron chi connectivity index (χ2n) is 8.69. The maximum absolute atomic E-state index is 9.66. The number of aryl methyl sites for hydroxylation is 1. The van der Waals surface area contributed by atoms with Crippen LogP contribution in [0.15, 0.2) is 29.3 Å². The first-order valence-corrected chi connectivity index (χ1v) is 11.5. The van der Waals surface area contributed by atoms with Crippen LogP contribution < -0.4 is 10.6 Å². The summed E-state index contributed by atoms with van der Waals surface area (Å²) in [6.07, 6.45) is 3.52. The molecule has 1 fully saturated rings. The van der Waals surface area contributed by atoms with Gasteiger partial charge in [-0.05, 0) is 30.4 Å². The lowest BCUT2D eigenvalue weighted by Gasteiger charge is -2.29. The van der Waals surface area contributed by atoms with Crippen molar-refractivity contribution in [1.82, 2.24) is 30.3 Å². The lowest BCUT2D eigenvalue weighted by Crippen LogP contribution is -2.46. The molecule has 2 aliphatic rings. The van der Waals surface area contributed by atoms with Gasteiger partial charge >= 0.3 is 0 Å². The van der Waals surface area contributed by atoms with Gasteiger partial charge in [-0.3, -0.25) is 9.89 Å². The minimum absolute atomic E-state index is 0.122. The van der Waals surface area contributed by atoms with E-state index in [0.29, 0.717) is 6.61 Å². The summed E-state index contributed by atoms with van der Waals surface area (Å²) in [4.78, 5) is 11.3. The summed E-state index contributed by atoms with van der Waals surface area (Å²) in [5.41, 5.74) is 2.53. The summed E-state index contributed by atoms with van der Waals surface area (Å²) in [7, 11) is 3.46. The molecule has 1 atom stereocenters. The van der Waals surface area contributed by atoms with Gasteiger partial charge in [0.1, 0.15) is 12.4 Å². The van der Waals surface area contributed by atoms with Crippen molar-refractivity contribution in [3.8, 4) is 0 Å². The lowest BCUT2D eigenvalue weighted by molar-refractivity contribution is 0.0792. The van der Waals surface area contributed by atoms with Crippen molar-refractivity contribution in [3.05, 3.63) is 47.0 Å². The number of hydrogen-bond donors (Lipinski definition) is 3. The van der Waals surface area contributed by atoms with Gasteiger partial charge in [0, 0.05) is 52.8 Å². The molecule has 1 aromatic carbocycles. The number of aromatic nitrogens is 3. The number of rotatable bonds is 7. The fraction of sp³-hybridized carbons (Fsp3) is 0.609. The smallest absolute Gasteiger partial charge is 0.191 e. The first-order valence-electron chi connectivity index (χ1n) is 11.5. The van der Waals surface area contributed by atoms with Crippen molar-refractivity contribution in [2.45, 2.75) is 64.1 Å². The quantitative estimate of drug-likeness (QED) is 0.436. The van der Waals surface area contributed by atoms with E-state index < -0.39 is 0 Å². The molecule has 0 amide bonds. The van der Waals surface area contributed by atoms with Gasteiger partial charge in [-0.1, -0.05) is 24.3 Å². The van der Waals surface area contributed by atoms with Crippen molar-refractivity contribution >= 4 is 5.96 Å². The van der Waals surface area contributed by atoms with Crippen LogP contribution in [-0.4, -0.2) is 70.1 Å².